The smallest absolute Gasteiger partial charge is 0.338 e. The molecule has 2 amide bonds. The highest BCUT2D eigenvalue weighted by atomic mass is 32.2. The van der Waals surface area contributed by atoms with Crippen LogP contribution < -0.4 is 14.8 Å². The number of nitrogens with one attached hydrogen (secondary N) is 1. The summed E-state index contributed by atoms with van der Waals surface area (Å²) >= 11 is 0.776. The highest BCUT2D eigenvalue weighted by molar-refractivity contribution is 8.18. The number of benzene rings is 2. The van der Waals surface area contributed by atoms with E-state index in [0.29, 0.717) is 5.56 Å². The lowest BCUT2D eigenvalue weighted by Crippen LogP contribution is -2.17. The molecule has 1 aliphatic rings. The zero-order valence-corrected chi connectivity index (χ0v) is 16.5. The Bertz CT molecular complexity index is 1100. The third kappa shape index (κ3) is 4.41. The minimum Gasteiger partial charge on any atom is -0.493 e. The Kier molecular flexibility index (Phi) is 6.02. The van der Waals surface area contributed by atoms with E-state index in [-0.39, 0.29) is 27.7 Å². The van der Waals surface area contributed by atoms with Crippen molar-refractivity contribution in [3.8, 4) is 17.2 Å². The number of carbonyl (C=O) groups excluding carboxylic acids is 3. The number of amides is 2. The molecule has 1 saturated heterocycles. The van der Waals surface area contributed by atoms with E-state index in [1.807, 2.05) is 0 Å². The number of esters is 1. The van der Waals surface area contributed by atoms with Crippen molar-refractivity contribution in [1.29, 1.82) is 0 Å². The fraction of sp³-hybridized carbons (Fsp3) is 0.105. The van der Waals surface area contributed by atoms with Crippen LogP contribution in [0.15, 0.2) is 41.3 Å². The normalized spacial score (nSPS) is 14.4. The maximum absolute atomic E-state index is 11.7. The molecule has 0 atom stereocenters. The van der Waals surface area contributed by atoms with Crippen LogP contribution in [-0.2, 0) is 9.53 Å². The molecule has 0 unspecified atom stereocenters. The standard InChI is InChI=1S/C19H14N2O8S/c1-27-15-7-10(8-16-17(22)20-19(24)30-16)3-5-14(15)29-13-6-4-11(18(23)28-2)9-12(13)21(25)26/h3-9H,1-2H3,(H,20,22,24)/b16-8+. The number of rotatable bonds is 6. The van der Waals surface area contributed by atoms with E-state index >= 15 is 0 Å². The summed E-state index contributed by atoms with van der Waals surface area (Å²) in [5, 5.41) is 13.1. The minimum atomic E-state index is -0.716. The molecule has 0 aromatic heterocycles. The number of hydrogen-bond donors (Lipinski definition) is 1. The molecule has 2 aromatic carbocycles. The van der Waals surface area contributed by atoms with Gasteiger partial charge in [-0.05, 0) is 47.7 Å². The highest BCUT2D eigenvalue weighted by Crippen LogP contribution is 2.38. The number of nitrogens with zero attached hydrogens (tertiary/aromatic N) is 1. The average Bonchev–Trinajstić information content (AvgIpc) is 3.05. The molecule has 3 rings (SSSR count). The largest absolute Gasteiger partial charge is 0.493 e. The predicted octanol–water partition coefficient (Wildman–Crippen LogP) is 3.51. The van der Waals surface area contributed by atoms with Gasteiger partial charge in [0.25, 0.3) is 11.1 Å². The maximum atomic E-state index is 11.7. The minimum absolute atomic E-state index is 0.00683. The molecule has 154 valence electrons. The molecule has 1 aliphatic heterocycles. The van der Waals surface area contributed by atoms with Crippen LogP contribution in [0, 0.1) is 10.1 Å². The highest BCUT2D eigenvalue weighted by Gasteiger charge is 2.25. The van der Waals surface area contributed by atoms with Crippen LogP contribution in [0.25, 0.3) is 6.08 Å². The number of methoxy groups -OCH3 is 2. The van der Waals surface area contributed by atoms with Crippen molar-refractivity contribution in [3.05, 3.63) is 62.5 Å². The Morgan fingerprint density at radius 2 is 1.83 bits per heavy atom. The Morgan fingerprint density at radius 1 is 1.10 bits per heavy atom. The maximum Gasteiger partial charge on any atom is 0.338 e. The van der Waals surface area contributed by atoms with Gasteiger partial charge >= 0.3 is 11.7 Å². The zero-order chi connectivity index (χ0) is 21.8. The van der Waals surface area contributed by atoms with E-state index in [9.17, 15) is 24.5 Å². The van der Waals surface area contributed by atoms with Crippen LogP contribution in [0.1, 0.15) is 15.9 Å². The SMILES string of the molecule is COC(=O)c1ccc(Oc2ccc(/C=C3/SC(=O)NC3=O)cc2OC)c([N+](=O)[O-])c1. The summed E-state index contributed by atoms with van der Waals surface area (Å²) in [4.78, 5) is 45.5. The Labute approximate surface area is 173 Å². The van der Waals surface area contributed by atoms with Gasteiger partial charge in [-0.1, -0.05) is 6.07 Å². The van der Waals surface area contributed by atoms with Crippen molar-refractivity contribution in [2.45, 2.75) is 0 Å². The van der Waals surface area contributed by atoms with E-state index in [1.165, 1.54) is 38.5 Å². The molecule has 0 aliphatic carbocycles. The molecule has 0 radical (unpaired) electrons. The number of nitro groups is 1. The summed E-state index contributed by atoms with van der Waals surface area (Å²) in [6, 6.07) is 8.32. The Morgan fingerprint density at radius 3 is 2.43 bits per heavy atom. The zero-order valence-electron chi connectivity index (χ0n) is 15.7. The lowest BCUT2D eigenvalue weighted by molar-refractivity contribution is -0.385. The molecule has 30 heavy (non-hydrogen) atoms. The van der Waals surface area contributed by atoms with E-state index in [4.69, 9.17) is 9.47 Å². The first kappa shape index (κ1) is 20.9. The quantitative estimate of drug-likeness (QED) is 0.316. The first-order chi connectivity index (χ1) is 14.3. The first-order valence-corrected chi connectivity index (χ1v) is 9.11. The molecule has 0 spiro atoms. The number of ether oxygens (including phenoxy) is 3. The number of thioether (sulfide) groups is 1. The van der Waals surface area contributed by atoms with Gasteiger partial charge in [-0.25, -0.2) is 4.79 Å². The summed E-state index contributed by atoms with van der Waals surface area (Å²) in [6.45, 7) is 0. The van der Waals surface area contributed by atoms with Gasteiger partial charge in [-0.15, -0.1) is 0 Å². The molecule has 10 nitrogen and oxygen atoms in total. The van der Waals surface area contributed by atoms with Gasteiger partial charge in [0.15, 0.2) is 11.5 Å². The van der Waals surface area contributed by atoms with Gasteiger partial charge < -0.3 is 14.2 Å². The molecule has 11 heteroatoms. The number of imide groups is 1. The molecule has 0 bridgehead atoms. The van der Waals surface area contributed by atoms with Crippen molar-refractivity contribution in [2.75, 3.05) is 14.2 Å². The van der Waals surface area contributed by atoms with Crippen LogP contribution in [0.4, 0.5) is 10.5 Å². The lowest BCUT2D eigenvalue weighted by Gasteiger charge is -2.12. The Balaban J connectivity index is 1.93. The van der Waals surface area contributed by atoms with Crippen LogP contribution in [0.3, 0.4) is 0 Å². The lowest BCUT2D eigenvalue weighted by atomic mass is 10.1. The molecule has 2 aromatic rings. The van der Waals surface area contributed by atoms with Crippen molar-refractivity contribution in [2.24, 2.45) is 0 Å². The molecular formula is C19H14N2O8S. The summed E-state index contributed by atoms with van der Waals surface area (Å²) in [6.07, 6.45) is 1.50. The molecular weight excluding hydrogens is 416 g/mol. The van der Waals surface area contributed by atoms with Crippen molar-refractivity contribution in [3.63, 3.8) is 0 Å². The van der Waals surface area contributed by atoms with E-state index in [0.717, 1.165) is 17.8 Å². The van der Waals surface area contributed by atoms with Gasteiger partial charge in [0, 0.05) is 6.07 Å². The van der Waals surface area contributed by atoms with Crippen molar-refractivity contribution in [1.82, 2.24) is 5.32 Å². The van der Waals surface area contributed by atoms with Crippen LogP contribution in [-0.4, -0.2) is 36.3 Å². The second-order valence-electron chi connectivity index (χ2n) is 5.80. The second kappa shape index (κ2) is 8.66. The summed E-state index contributed by atoms with van der Waals surface area (Å²) < 4.78 is 15.5. The predicted molar refractivity (Wildman–Crippen MR) is 107 cm³/mol. The fourth-order valence-corrected chi connectivity index (χ4v) is 3.22. The van der Waals surface area contributed by atoms with Crippen LogP contribution in [0.2, 0.25) is 0 Å². The van der Waals surface area contributed by atoms with Crippen molar-refractivity contribution < 1.29 is 33.5 Å². The molecule has 0 saturated carbocycles. The third-order valence-electron chi connectivity index (χ3n) is 3.92. The molecule has 1 fully saturated rings. The van der Waals surface area contributed by atoms with Crippen molar-refractivity contribution >= 4 is 40.6 Å². The van der Waals surface area contributed by atoms with Crippen LogP contribution >= 0.6 is 11.8 Å². The summed E-state index contributed by atoms with van der Waals surface area (Å²) in [5.74, 6) is -0.899. The van der Waals surface area contributed by atoms with E-state index in [1.54, 1.807) is 12.1 Å². The molecule has 1 heterocycles. The summed E-state index contributed by atoms with van der Waals surface area (Å²) in [7, 11) is 2.55. The third-order valence-corrected chi connectivity index (χ3v) is 4.73. The van der Waals surface area contributed by atoms with E-state index < -0.39 is 27.7 Å². The van der Waals surface area contributed by atoms with Gasteiger partial charge in [0.05, 0.1) is 29.6 Å². The number of nitro benzene ring substituents is 1. The van der Waals surface area contributed by atoms with Gasteiger partial charge in [-0.2, -0.15) is 0 Å². The topological polar surface area (TPSA) is 134 Å². The van der Waals surface area contributed by atoms with Gasteiger partial charge in [0.1, 0.15) is 0 Å². The van der Waals surface area contributed by atoms with Crippen LogP contribution in [0.5, 0.6) is 17.2 Å². The number of carbonyl (C=O) groups is 3. The monoisotopic (exact) mass is 430 g/mol. The fourth-order valence-electron chi connectivity index (χ4n) is 2.54. The number of hydrogen-bond acceptors (Lipinski definition) is 9. The molecule has 1 N–H and O–H groups in total. The second-order valence-corrected chi connectivity index (χ2v) is 6.81. The van der Waals surface area contributed by atoms with Gasteiger partial charge in [0.2, 0.25) is 5.75 Å². The Hall–Kier alpha value is -3.86. The average molecular weight is 430 g/mol. The summed E-state index contributed by atoms with van der Waals surface area (Å²) in [5.41, 5.74) is 0.137. The first-order valence-electron chi connectivity index (χ1n) is 8.30. The van der Waals surface area contributed by atoms with E-state index in [2.05, 4.69) is 10.1 Å². The van der Waals surface area contributed by atoms with Gasteiger partial charge in [-0.3, -0.25) is 25.0 Å².